The highest BCUT2D eigenvalue weighted by Gasteiger charge is 2.32. The number of carbonyl (C=O) groups is 2. The van der Waals surface area contributed by atoms with E-state index >= 15 is 0 Å². The van der Waals surface area contributed by atoms with E-state index in [1.807, 2.05) is 35.7 Å². The average molecular weight is 680 g/mol. The Bertz CT molecular complexity index is 1910. The zero-order valence-electron chi connectivity index (χ0n) is 29.6. The average Bonchev–Trinajstić information content (AvgIpc) is 3.82. The first-order valence-corrected chi connectivity index (χ1v) is 19.0. The molecule has 1 N–H and O–H groups in total. The molecule has 1 aliphatic heterocycles. The first-order chi connectivity index (χ1) is 23.8. The highest BCUT2D eigenvalue weighted by atomic mass is 32.2. The van der Waals surface area contributed by atoms with E-state index in [0.717, 1.165) is 59.3 Å². The Morgan fingerprint density at radius 3 is 2.49 bits per heavy atom. The van der Waals surface area contributed by atoms with Crippen molar-refractivity contribution in [3.05, 3.63) is 70.5 Å². The van der Waals surface area contributed by atoms with Crippen LogP contribution in [0.25, 0.3) is 33.8 Å². The van der Waals surface area contributed by atoms with E-state index in [1.165, 1.54) is 48.7 Å². The Labute approximate surface area is 294 Å². The molecule has 2 aromatic heterocycles. The van der Waals surface area contributed by atoms with Crippen LogP contribution in [0, 0.1) is 0 Å². The van der Waals surface area contributed by atoms with Gasteiger partial charge in [0.2, 0.25) is 0 Å². The normalized spacial score (nSPS) is 16.7. The fourth-order valence-corrected chi connectivity index (χ4v) is 9.36. The van der Waals surface area contributed by atoms with E-state index in [-0.39, 0.29) is 17.9 Å². The van der Waals surface area contributed by atoms with Crippen LogP contribution in [0.3, 0.4) is 0 Å². The second-order valence-electron chi connectivity index (χ2n) is 14.2. The summed E-state index contributed by atoms with van der Waals surface area (Å²) in [6.45, 7) is 7.27. The maximum absolute atomic E-state index is 14.0. The number of rotatable bonds is 9. The number of methoxy groups -OCH3 is 1. The molecule has 2 fully saturated rings. The highest BCUT2D eigenvalue weighted by Crippen LogP contribution is 2.48. The van der Waals surface area contributed by atoms with Crippen molar-refractivity contribution in [2.24, 2.45) is 7.05 Å². The van der Waals surface area contributed by atoms with Crippen LogP contribution in [0.4, 0.5) is 0 Å². The molecule has 7 rings (SSSR count). The first kappa shape index (κ1) is 33.5. The lowest BCUT2D eigenvalue weighted by molar-refractivity contribution is 0.0716. The lowest BCUT2D eigenvalue weighted by Gasteiger charge is -2.25. The number of fused-ring (bicyclic) bond motifs is 5. The molecule has 3 heterocycles. The molecule has 0 bridgehead atoms. The molecule has 3 aliphatic rings. The van der Waals surface area contributed by atoms with Crippen LogP contribution >= 0.6 is 11.9 Å². The molecule has 0 saturated heterocycles. The smallest absolute Gasteiger partial charge is 0.261 e. The highest BCUT2D eigenvalue weighted by molar-refractivity contribution is 7.98. The van der Waals surface area contributed by atoms with Gasteiger partial charge in [0.15, 0.2) is 0 Å². The monoisotopic (exact) mass is 679 g/mol. The van der Waals surface area contributed by atoms with Crippen molar-refractivity contribution >= 4 is 46.3 Å². The minimum Gasteiger partial charge on any atom is -0.497 e. The lowest BCUT2D eigenvalue weighted by atomic mass is 9.81. The lowest BCUT2D eigenvalue weighted by Crippen LogP contribution is -2.37. The molecule has 8 nitrogen and oxygen atoms in total. The Morgan fingerprint density at radius 2 is 1.78 bits per heavy atom. The van der Waals surface area contributed by atoms with Crippen molar-refractivity contribution in [1.29, 1.82) is 0 Å². The van der Waals surface area contributed by atoms with Gasteiger partial charge < -0.3 is 14.2 Å². The molecule has 0 radical (unpaired) electrons. The summed E-state index contributed by atoms with van der Waals surface area (Å²) in [4.78, 5) is 29.5. The molecule has 49 heavy (non-hydrogen) atoms. The molecule has 2 amide bonds. The van der Waals surface area contributed by atoms with Crippen LogP contribution in [-0.4, -0.2) is 56.0 Å². The van der Waals surface area contributed by atoms with Gasteiger partial charge in [0.25, 0.3) is 11.8 Å². The summed E-state index contributed by atoms with van der Waals surface area (Å²) in [5.74, 6) is 1.15. The van der Waals surface area contributed by atoms with Gasteiger partial charge in [-0.1, -0.05) is 38.2 Å². The van der Waals surface area contributed by atoms with E-state index in [4.69, 9.17) is 4.74 Å². The van der Waals surface area contributed by atoms with Gasteiger partial charge in [-0.2, -0.15) is 5.10 Å². The Morgan fingerprint density at radius 1 is 1.02 bits per heavy atom. The summed E-state index contributed by atoms with van der Waals surface area (Å²) in [5, 5.41) is 6.34. The van der Waals surface area contributed by atoms with Crippen molar-refractivity contribution in [1.82, 2.24) is 24.0 Å². The third kappa shape index (κ3) is 6.31. The number of aryl methyl sites for hydroxylation is 1. The number of allylic oxidation sites excluding steroid dienone is 1. The molecular formula is C40H49N5O3S. The van der Waals surface area contributed by atoms with Gasteiger partial charge in [-0.05, 0) is 117 Å². The standard InChI is InChI=1S/C40H49N5O3S/c1-6-44(25(2)3)40(47)34-23-41-43(4)37(34)29-20-28-21-30(48-5)17-19-32(28)38-36(26-12-8-7-9-13-26)33-18-16-27(22-35(33)45(38)24-29)39(46)42-49-31-14-10-11-15-31/h16-23,25-26,31H,6-15,24H2,1-5H3,(H,42,46). The molecule has 4 aromatic rings. The third-order valence-electron chi connectivity index (χ3n) is 10.9. The quantitative estimate of drug-likeness (QED) is 0.179. The molecule has 9 heteroatoms. The topological polar surface area (TPSA) is 81.4 Å². The van der Waals surface area contributed by atoms with E-state index in [9.17, 15) is 9.59 Å². The van der Waals surface area contributed by atoms with Crippen molar-refractivity contribution in [2.45, 2.75) is 102 Å². The maximum atomic E-state index is 14.0. The zero-order chi connectivity index (χ0) is 34.2. The van der Waals surface area contributed by atoms with Crippen LogP contribution in [0.15, 0.2) is 42.6 Å². The summed E-state index contributed by atoms with van der Waals surface area (Å²) in [6, 6.07) is 12.7. The van der Waals surface area contributed by atoms with E-state index in [0.29, 0.717) is 35.4 Å². The van der Waals surface area contributed by atoms with E-state index < -0.39 is 0 Å². The van der Waals surface area contributed by atoms with E-state index in [1.54, 1.807) is 25.3 Å². The first-order valence-electron chi connectivity index (χ1n) is 18.1. The predicted octanol–water partition coefficient (Wildman–Crippen LogP) is 8.84. The molecule has 258 valence electrons. The van der Waals surface area contributed by atoms with Gasteiger partial charge in [0, 0.05) is 46.9 Å². The molecule has 2 aliphatic carbocycles. The van der Waals surface area contributed by atoms with Gasteiger partial charge in [0.05, 0.1) is 36.8 Å². The van der Waals surface area contributed by atoms with Crippen LogP contribution in [0.5, 0.6) is 5.75 Å². The number of carbonyl (C=O) groups excluding carboxylic acids is 2. The number of aromatic nitrogens is 3. The summed E-state index contributed by atoms with van der Waals surface area (Å²) in [6.07, 6.45) is 14.7. The summed E-state index contributed by atoms with van der Waals surface area (Å²) < 4.78 is 13.2. The maximum Gasteiger partial charge on any atom is 0.261 e. The summed E-state index contributed by atoms with van der Waals surface area (Å²) in [7, 11) is 3.62. The zero-order valence-corrected chi connectivity index (χ0v) is 30.4. The van der Waals surface area contributed by atoms with Crippen LogP contribution in [0.1, 0.15) is 122 Å². The van der Waals surface area contributed by atoms with Gasteiger partial charge >= 0.3 is 0 Å². The van der Waals surface area contributed by atoms with Crippen LogP contribution < -0.4 is 9.46 Å². The van der Waals surface area contributed by atoms with Crippen LogP contribution in [0.2, 0.25) is 0 Å². The fraction of sp³-hybridized carbons (Fsp3) is 0.475. The molecule has 2 aromatic carbocycles. The number of hydrogen-bond donors (Lipinski definition) is 1. The Kier molecular flexibility index (Phi) is 9.64. The molecule has 0 atom stereocenters. The summed E-state index contributed by atoms with van der Waals surface area (Å²) >= 11 is 1.58. The third-order valence-corrected chi connectivity index (χ3v) is 12.0. The minimum absolute atomic E-state index is 0.0178. The van der Waals surface area contributed by atoms with E-state index in [2.05, 4.69) is 58.6 Å². The van der Waals surface area contributed by atoms with Crippen LogP contribution in [-0.2, 0) is 13.6 Å². The van der Waals surface area contributed by atoms with Crippen molar-refractivity contribution in [3.63, 3.8) is 0 Å². The molecule has 0 unspecified atom stereocenters. The SMILES string of the molecule is CCN(C(=O)c1cnn(C)c1C1=Cc2cc(OC)ccc2-c2c(C3CCCCC3)c3ccc(C(=O)NSC4CCCC4)cc3n2C1)C(C)C. The number of hydrogen-bond acceptors (Lipinski definition) is 5. The second kappa shape index (κ2) is 14.1. The van der Waals surface area contributed by atoms with Gasteiger partial charge in [-0.25, -0.2) is 0 Å². The minimum atomic E-state index is -0.0454. The van der Waals surface area contributed by atoms with Gasteiger partial charge in [0.1, 0.15) is 5.75 Å². The summed E-state index contributed by atoms with van der Waals surface area (Å²) in [5.41, 5.74) is 8.91. The van der Waals surface area contributed by atoms with Gasteiger partial charge in [-0.3, -0.25) is 19.0 Å². The number of benzene rings is 2. The number of nitrogens with one attached hydrogen (secondary N) is 1. The largest absolute Gasteiger partial charge is 0.497 e. The number of nitrogens with zero attached hydrogens (tertiary/aromatic N) is 4. The number of amides is 2. The predicted molar refractivity (Wildman–Crippen MR) is 200 cm³/mol. The Hall–Kier alpha value is -3.98. The molecule has 2 saturated carbocycles. The molecular weight excluding hydrogens is 631 g/mol. The fourth-order valence-electron chi connectivity index (χ4n) is 8.40. The van der Waals surface area contributed by atoms with Crippen molar-refractivity contribution in [3.8, 4) is 17.0 Å². The Balaban J connectivity index is 1.42. The van der Waals surface area contributed by atoms with Gasteiger partial charge in [-0.15, -0.1) is 0 Å². The second-order valence-corrected chi connectivity index (χ2v) is 15.3. The molecule has 0 spiro atoms. The van der Waals surface area contributed by atoms with Crippen molar-refractivity contribution in [2.75, 3.05) is 13.7 Å². The van der Waals surface area contributed by atoms with Crippen molar-refractivity contribution < 1.29 is 14.3 Å². The number of ether oxygens (including phenoxy) is 1.